The maximum Gasteiger partial charge on any atom is 0.150 e. The molecular weight excluding hydrogens is 229 g/mol. The number of rotatable bonds is 2. The fourth-order valence-electron chi connectivity index (χ4n) is 1.85. The summed E-state index contributed by atoms with van der Waals surface area (Å²) in [5.41, 5.74) is 0.712. The van der Waals surface area contributed by atoms with Gasteiger partial charge in [0.25, 0.3) is 0 Å². The van der Waals surface area contributed by atoms with Crippen LogP contribution in [-0.2, 0) is 9.84 Å². The van der Waals surface area contributed by atoms with E-state index in [4.69, 9.17) is 0 Å². The van der Waals surface area contributed by atoms with Gasteiger partial charge < -0.3 is 5.32 Å². The van der Waals surface area contributed by atoms with Crippen molar-refractivity contribution in [2.45, 2.75) is 18.9 Å². The van der Waals surface area contributed by atoms with Crippen molar-refractivity contribution in [2.24, 2.45) is 0 Å². The number of anilines is 1. The van der Waals surface area contributed by atoms with Gasteiger partial charge in [-0.2, -0.15) is 0 Å². The van der Waals surface area contributed by atoms with Gasteiger partial charge in [0.15, 0.2) is 0 Å². The maximum atomic E-state index is 12.9. The SMILES string of the molecule is O=S1(=O)CCC(Nc2cccc(F)c2)CC1. The highest BCUT2D eigenvalue weighted by molar-refractivity contribution is 7.91. The third kappa shape index (κ3) is 2.95. The average Bonchev–Trinajstić information content (AvgIpc) is 2.21. The Balaban J connectivity index is 1.97. The Bertz CT molecular complexity index is 459. The predicted octanol–water partition coefficient (Wildman–Crippen LogP) is 1.81. The molecule has 0 amide bonds. The van der Waals surface area contributed by atoms with Crippen molar-refractivity contribution in [2.75, 3.05) is 16.8 Å². The molecule has 0 spiro atoms. The molecule has 0 radical (unpaired) electrons. The van der Waals surface area contributed by atoms with Crippen molar-refractivity contribution in [1.82, 2.24) is 0 Å². The van der Waals surface area contributed by atoms with Gasteiger partial charge >= 0.3 is 0 Å². The summed E-state index contributed by atoms with van der Waals surface area (Å²) < 4.78 is 35.3. The minimum absolute atomic E-state index is 0.130. The fourth-order valence-corrected chi connectivity index (χ4v) is 3.34. The number of benzene rings is 1. The van der Waals surface area contributed by atoms with Gasteiger partial charge in [-0.3, -0.25) is 0 Å². The van der Waals surface area contributed by atoms with Crippen LogP contribution in [0.25, 0.3) is 0 Å². The van der Waals surface area contributed by atoms with Crippen LogP contribution in [0, 0.1) is 5.82 Å². The fraction of sp³-hybridized carbons (Fsp3) is 0.455. The van der Waals surface area contributed by atoms with Crippen LogP contribution in [0.15, 0.2) is 24.3 Å². The van der Waals surface area contributed by atoms with Gasteiger partial charge in [0, 0.05) is 11.7 Å². The van der Waals surface area contributed by atoms with E-state index in [1.807, 2.05) is 0 Å². The molecule has 88 valence electrons. The van der Waals surface area contributed by atoms with Crippen molar-refractivity contribution in [3.05, 3.63) is 30.1 Å². The van der Waals surface area contributed by atoms with Gasteiger partial charge in [0.05, 0.1) is 11.5 Å². The molecule has 1 aromatic rings. The molecule has 1 aliphatic heterocycles. The van der Waals surface area contributed by atoms with E-state index in [1.54, 1.807) is 12.1 Å². The van der Waals surface area contributed by atoms with E-state index < -0.39 is 9.84 Å². The summed E-state index contributed by atoms with van der Waals surface area (Å²) in [6, 6.07) is 6.36. The van der Waals surface area contributed by atoms with Gasteiger partial charge in [-0.1, -0.05) is 6.07 Å². The summed E-state index contributed by atoms with van der Waals surface area (Å²) in [6.45, 7) is 0. The Labute approximate surface area is 94.6 Å². The van der Waals surface area contributed by atoms with Crippen LogP contribution < -0.4 is 5.32 Å². The van der Waals surface area contributed by atoms with Crippen LogP contribution >= 0.6 is 0 Å². The number of hydrogen-bond donors (Lipinski definition) is 1. The second-order valence-electron chi connectivity index (χ2n) is 4.08. The molecule has 2 rings (SSSR count). The van der Waals surface area contributed by atoms with Gasteiger partial charge in [-0.05, 0) is 31.0 Å². The summed E-state index contributed by atoms with van der Waals surface area (Å²) in [4.78, 5) is 0. The second kappa shape index (κ2) is 4.41. The molecular formula is C11H14FNO2S. The first-order valence-electron chi connectivity index (χ1n) is 5.28. The van der Waals surface area contributed by atoms with Crippen molar-refractivity contribution in [1.29, 1.82) is 0 Å². The molecule has 16 heavy (non-hydrogen) atoms. The highest BCUT2D eigenvalue weighted by Gasteiger charge is 2.23. The van der Waals surface area contributed by atoms with E-state index in [-0.39, 0.29) is 23.4 Å². The van der Waals surface area contributed by atoms with E-state index in [9.17, 15) is 12.8 Å². The lowest BCUT2D eigenvalue weighted by molar-refractivity contribution is 0.559. The maximum absolute atomic E-state index is 12.9. The Morgan fingerprint density at radius 1 is 1.25 bits per heavy atom. The van der Waals surface area contributed by atoms with Gasteiger partial charge in [0.1, 0.15) is 15.7 Å². The zero-order valence-corrected chi connectivity index (χ0v) is 9.63. The molecule has 1 aliphatic rings. The molecule has 1 fully saturated rings. The van der Waals surface area contributed by atoms with Crippen LogP contribution in [0.5, 0.6) is 0 Å². The lowest BCUT2D eigenvalue weighted by Crippen LogP contribution is -2.32. The van der Waals surface area contributed by atoms with E-state index in [0.717, 1.165) is 0 Å². The zero-order valence-electron chi connectivity index (χ0n) is 8.82. The van der Waals surface area contributed by atoms with Crippen LogP contribution in [-0.4, -0.2) is 26.0 Å². The van der Waals surface area contributed by atoms with E-state index in [2.05, 4.69) is 5.32 Å². The molecule has 1 heterocycles. The number of sulfone groups is 1. The number of nitrogens with one attached hydrogen (secondary N) is 1. The number of hydrogen-bond acceptors (Lipinski definition) is 3. The van der Waals surface area contributed by atoms with Gasteiger partial charge in [-0.15, -0.1) is 0 Å². The molecule has 1 saturated heterocycles. The zero-order chi connectivity index (χ0) is 11.6. The summed E-state index contributed by atoms with van der Waals surface area (Å²) in [6.07, 6.45) is 1.19. The molecule has 0 aliphatic carbocycles. The van der Waals surface area contributed by atoms with Crippen LogP contribution in [0.1, 0.15) is 12.8 Å². The first kappa shape index (κ1) is 11.4. The number of halogens is 1. The Morgan fingerprint density at radius 2 is 1.94 bits per heavy atom. The van der Waals surface area contributed by atoms with Crippen LogP contribution in [0.3, 0.4) is 0 Å². The monoisotopic (exact) mass is 243 g/mol. The van der Waals surface area contributed by atoms with Gasteiger partial charge in [0.2, 0.25) is 0 Å². The average molecular weight is 243 g/mol. The minimum atomic E-state index is -2.83. The standard InChI is InChI=1S/C11H14FNO2S/c12-9-2-1-3-11(8-9)13-10-4-6-16(14,15)7-5-10/h1-3,8,10,13H,4-7H2. The summed E-state index contributed by atoms with van der Waals surface area (Å²) in [7, 11) is -2.83. The molecule has 0 bridgehead atoms. The smallest absolute Gasteiger partial charge is 0.150 e. The quantitative estimate of drug-likeness (QED) is 0.861. The van der Waals surface area contributed by atoms with Crippen molar-refractivity contribution < 1.29 is 12.8 Å². The third-order valence-corrected chi connectivity index (χ3v) is 4.47. The molecule has 1 aromatic carbocycles. The van der Waals surface area contributed by atoms with E-state index >= 15 is 0 Å². The summed E-state index contributed by atoms with van der Waals surface area (Å²) in [5.74, 6) is 0.161. The lowest BCUT2D eigenvalue weighted by atomic mass is 10.1. The molecule has 0 atom stereocenters. The molecule has 0 unspecified atom stereocenters. The summed E-state index contributed by atoms with van der Waals surface area (Å²) in [5, 5.41) is 3.16. The normalized spacial score (nSPS) is 20.6. The Morgan fingerprint density at radius 3 is 2.56 bits per heavy atom. The Hall–Kier alpha value is -1.10. The van der Waals surface area contributed by atoms with Crippen molar-refractivity contribution >= 4 is 15.5 Å². The topological polar surface area (TPSA) is 46.2 Å². The third-order valence-electron chi connectivity index (χ3n) is 2.75. The lowest BCUT2D eigenvalue weighted by Gasteiger charge is -2.24. The Kier molecular flexibility index (Phi) is 3.14. The van der Waals surface area contributed by atoms with Gasteiger partial charge in [-0.25, -0.2) is 12.8 Å². The molecule has 0 saturated carbocycles. The van der Waals surface area contributed by atoms with Crippen molar-refractivity contribution in [3.63, 3.8) is 0 Å². The second-order valence-corrected chi connectivity index (χ2v) is 6.38. The van der Waals surface area contributed by atoms with E-state index in [0.29, 0.717) is 18.5 Å². The predicted molar refractivity (Wildman–Crippen MR) is 61.7 cm³/mol. The highest BCUT2D eigenvalue weighted by atomic mass is 32.2. The van der Waals surface area contributed by atoms with E-state index in [1.165, 1.54) is 12.1 Å². The molecule has 3 nitrogen and oxygen atoms in total. The largest absolute Gasteiger partial charge is 0.382 e. The molecule has 0 aromatic heterocycles. The van der Waals surface area contributed by atoms with Crippen LogP contribution in [0.4, 0.5) is 10.1 Å². The first-order valence-corrected chi connectivity index (χ1v) is 7.10. The molecule has 5 heteroatoms. The van der Waals surface area contributed by atoms with Crippen LogP contribution in [0.2, 0.25) is 0 Å². The molecule has 1 N–H and O–H groups in total. The minimum Gasteiger partial charge on any atom is -0.382 e. The first-order chi connectivity index (χ1) is 7.55. The highest BCUT2D eigenvalue weighted by Crippen LogP contribution is 2.18. The summed E-state index contributed by atoms with van der Waals surface area (Å²) >= 11 is 0. The van der Waals surface area contributed by atoms with Crippen molar-refractivity contribution in [3.8, 4) is 0 Å².